The van der Waals surface area contributed by atoms with Crippen LogP contribution in [0.4, 0.5) is 5.82 Å². The first-order valence-corrected chi connectivity index (χ1v) is 8.04. The van der Waals surface area contributed by atoms with Crippen LogP contribution in [0.25, 0.3) is 11.0 Å². The zero-order valence-corrected chi connectivity index (χ0v) is 13.6. The van der Waals surface area contributed by atoms with E-state index in [2.05, 4.69) is 9.97 Å². The fraction of sp³-hybridized carbons (Fsp3) is 0.375. The summed E-state index contributed by atoms with van der Waals surface area (Å²) in [5, 5.41) is 1.05. The van der Waals surface area contributed by atoms with E-state index in [0.717, 1.165) is 16.6 Å². The topological polar surface area (TPSA) is 63.2 Å². The number of fused-ring (bicyclic) bond motifs is 1. The lowest BCUT2D eigenvalue weighted by atomic mass is 10.1. The number of pyridine rings is 2. The quantitative estimate of drug-likeness (QED) is 0.852. The maximum absolute atomic E-state index is 12.2. The van der Waals surface area contributed by atoms with Crippen LogP contribution in [0.3, 0.4) is 0 Å². The summed E-state index contributed by atoms with van der Waals surface area (Å²) in [4.78, 5) is 34.0. The molecule has 1 saturated heterocycles. The molecule has 0 aliphatic carbocycles. The third-order valence-electron chi connectivity index (χ3n) is 3.69. The van der Waals surface area contributed by atoms with Crippen LogP contribution in [0.5, 0.6) is 0 Å². The van der Waals surface area contributed by atoms with Crippen LogP contribution >= 0.6 is 11.8 Å². The highest BCUT2D eigenvalue weighted by atomic mass is 32.2. The minimum absolute atomic E-state index is 0.00898. The Morgan fingerprint density at radius 2 is 2.09 bits per heavy atom. The second kappa shape index (κ2) is 5.68. The number of anilines is 1. The Kier molecular flexibility index (Phi) is 3.87. The second-order valence-electron chi connectivity index (χ2n) is 5.56. The van der Waals surface area contributed by atoms with E-state index in [1.54, 1.807) is 4.90 Å². The Hall–Kier alpha value is -1.95. The Bertz CT molecular complexity index is 775. The first-order valence-electron chi connectivity index (χ1n) is 7.16. The van der Waals surface area contributed by atoms with Gasteiger partial charge in [0.15, 0.2) is 10.8 Å². The lowest BCUT2D eigenvalue weighted by Crippen LogP contribution is -2.26. The first kappa shape index (κ1) is 15.0. The molecular formula is C16H17N3O2S. The van der Waals surface area contributed by atoms with Crippen LogP contribution in [0.2, 0.25) is 0 Å². The largest absolute Gasteiger partial charge is 0.296 e. The van der Waals surface area contributed by atoms with Crippen molar-refractivity contribution in [3.05, 3.63) is 29.5 Å². The third kappa shape index (κ3) is 2.83. The van der Waals surface area contributed by atoms with Crippen molar-refractivity contribution >= 4 is 39.6 Å². The summed E-state index contributed by atoms with van der Waals surface area (Å²) in [5.41, 5.74) is 2.69. The average molecular weight is 315 g/mol. The van der Waals surface area contributed by atoms with Crippen LogP contribution in [-0.4, -0.2) is 32.8 Å². The van der Waals surface area contributed by atoms with Crippen molar-refractivity contribution in [2.45, 2.75) is 32.4 Å². The molecule has 1 unspecified atom stereocenters. The van der Waals surface area contributed by atoms with Gasteiger partial charge in [-0.3, -0.25) is 14.5 Å². The summed E-state index contributed by atoms with van der Waals surface area (Å²) < 4.78 is 0. The van der Waals surface area contributed by atoms with Crippen LogP contribution in [0.15, 0.2) is 18.2 Å². The number of thioether (sulfide) groups is 1. The molecule has 1 atom stereocenters. The second-order valence-corrected chi connectivity index (χ2v) is 7.04. The van der Waals surface area contributed by atoms with Gasteiger partial charge in [0.05, 0.1) is 0 Å². The van der Waals surface area contributed by atoms with E-state index in [4.69, 9.17) is 0 Å². The van der Waals surface area contributed by atoms with Gasteiger partial charge in [-0.2, -0.15) is 0 Å². The van der Waals surface area contributed by atoms with Gasteiger partial charge in [-0.1, -0.05) is 11.8 Å². The van der Waals surface area contributed by atoms with Gasteiger partial charge in [-0.15, -0.1) is 0 Å². The summed E-state index contributed by atoms with van der Waals surface area (Å²) in [6.07, 6.45) is 0.379. The molecule has 1 aliphatic rings. The standard InChI is InChI=1S/C16H17N3O2S/c1-9-6-10(2)17-16-13(9)4-5-14(18-16)19-8-12(7-15(19)21)22-11(3)20/h4-6,12H,7-8H2,1-3H3. The van der Waals surface area contributed by atoms with Gasteiger partial charge in [0.1, 0.15) is 5.82 Å². The summed E-state index contributed by atoms with van der Waals surface area (Å²) >= 11 is 1.23. The molecule has 0 saturated carbocycles. The summed E-state index contributed by atoms with van der Waals surface area (Å²) in [6.45, 7) is 6.01. The molecule has 0 spiro atoms. The monoisotopic (exact) mass is 315 g/mol. The van der Waals surface area contributed by atoms with E-state index in [0.29, 0.717) is 24.4 Å². The van der Waals surface area contributed by atoms with Crippen LogP contribution < -0.4 is 4.90 Å². The van der Waals surface area contributed by atoms with Crippen LogP contribution in [0.1, 0.15) is 24.6 Å². The molecule has 3 heterocycles. The molecule has 2 aromatic rings. The number of nitrogens with zero attached hydrogens (tertiary/aromatic N) is 3. The number of amides is 1. The van der Waals surface area contributed by atoms with Gasteiger partial charge in [0.25, 0.3) is 0 Å². The lowest BCUT2D eigenvalue weighted by molar-refractivity contribution is -0.117. The SMILES string of the molecule is CC(=O)SC1CC(=O)N(c2ccc3c(C)cc(C)nc3n2)C1. The van der Waals surface area contributed by atoms with Crippen molar-refractivity contribution in [1.29, 1.82) is 0 Å². The molecule has 2 aromatic heterocycles. The smallest absolute Gasteiger partial charge is 0.229 e. The van der Waals surface area contributed by atoms with E-state index in [-0.39, 0.29) is 16.3 Å². The predicted molar refractivity (Wildman–Crippen MR) is 88.0 cm³/mol. The van der Waals surface area contributed by atoms with Crippen molar-refractivity contribution in [3.63, 3.8) is 0 Å². The number of rotatable bonds is 2. The Morgan fingerprint density at radius 3 is 2.82 bits per heavy atom. The maximum atomic E-state index is 12.2. The molecule has 0 bridgehead atoms. The van der Waals surface area contributed by atoms with Gasteiger partial charge in [0, 0.05) is 36.2 Å². The van der Waals surface area contributed by atoms with Gasteiger partial charge >= 0.3 is 0 Å². The van der Waals surface area contributed by atoms with E-state index in [1.807, 2.05) is 32.0 Å². The number of hydrogen-bond donors (Lipinski definition) is 0. The van der Waals surface area contributed by atoms with E-state index >= 15 is 0 Å². The van der Waals surface area contributed by atoms with Crippen LogP contribution in [-0.2, 0) is 9.59 Å². The molecule has 0 radical (unpaired) electrons. The van der Waals surface area contributed by atoms with E-state index in [9.17, 15) is 9.59 Å². The maximum Gasteiger partial charge on any atom is 0.229 e. The lowest BCUT2D eigenvalue weighted by Gasteiger charge is -2.16. The Morgan fingerprint density at radius 1 is 1.32 bits per heavy atom. The number of hydrogen-bond acceptors (Lipinski definition) is 5. The molecule has 0 N–H and O–H groups in total. The molecule has 114 valence electrons. The third-order valence-corrected chi connectivity index (χ3v) is 4.67. The molecule has 0 aromatic carbocycles. The minimum atomic E-state index is 0.00898. The zero-order chi connectivity index (χ0) is 15.9. The van der Waals surface area contributed by atoms with Gasteiger partial charge < -0.3 is 0 Å². The normalized spacial score (nSPS) is 18.2. The minimum Gasteiger partial charge on any atom is -0.296 e. The highest BCUT2D eigenvalue weighted by Crippen LogP contribution is 2.29. The molecule has 1 amide bonds. The molecule has 6 heteroatoms. The highest BCUT2D eigenvalue weighted by molar-refractivity contribution is 8.14. The zero-order valence-electron chi connectivity index (χ0n) is 12.8. The summed E-state index contributed by atoms with van der Waals surface area (Å²) in [6, 6.07) is 5.83. The number of carbonyl (C=O) groups excluding carboxylic acids is 2. The molecule has 3 rings (SSSR count). The number of carbonyl (C=O) groups is 2. The molecule has 1 aliphatic heterocycles. The number of aromatic nitrogens is 2. The fourth-order valence-electron chi connectivity index (χ4n) is 2.78. The van der Waals surface area contributed by atoms with Crippen molar-refractivity contribution in [3.8, 4) is 0 Å². The Balaban J connectivity index is 1.93. The molecule has 5 nitrogen and oxygen atoms in total. The highest BCUT2D eigenvalue weighted by Gasteiger charge is 2.32. The summed E-state index contributed by atoms with van der Waals surface area (Å²) in [5.74, 6) is 0.622. The van der Waals surface area contributed by atoms with Gasteiger partial charge in [-0.05, 0) is 37.6 Å². The Labute approximate surface area is 133 Å². The predicted octanol–water partition coefficient (Wildman–Crippen LogP) is 2.63. The van der Waals surface area contributed by atoms with Crippen molar-refractivity contribution < 1.29 is 9.59 Å². The molecular weight excluding hydrogens is 298 g/mol. The molecule has 1 fully saturated rings. The number of aryl methyl sites for hydroxylation is 2. The van der Waals surface area contributed by atoms with E-state index < -0.39 is 0 Å². The van der Waals surface area contributed by atoms with Crippen LogP contribution in [0, 0.1) is 13.8 Å². The van der Waals surface area contributed by atoms with Gasteiger partial charge in [-0.25, -0.2) is 9.97 Å². The van der Waals surface area contributed by atoms with Gasteiger partial charge in [0.2, 0.25) is 5.91 Å². The first-order chi connectivity index (χ1) is 10.4. The summed E-state index contributed by atoms with van der Waals surface area (Å²) in [7, 11) is 0. The molecule has 22 heavy (non-hydrogen) atoms. The average Bonchev–Trinajstić information content (AvgIpc) is 2.77. The van der Waals surface area contributed by atoms with Crippen molar-refractivity contribution in [2.75, 3.05) is 11.4 Å². The van der Waals surface area contributed by atoms with Crippen molar-refractivity contribution in [1.82, 2.24) is 9.97 Å². The van der Waals surface area contributed by atoms with E-state index in [1.165, 1.54) is 18.7 Å². The fourth-order valence-corrected chi connectivity index (χ4v) is 3.70. The van der Waals surface area contributed by atoms with Crippen molar-refractivity contribution in [2.24, 2.45) is 0 Å².